The standard InChI is InChI=1S/C52H107NO3SSi/c1-6-10-14-18-22-26-29-32-36-40-45-52(53-5,46-41-37-33-30-27-23-19-15-11-7-2)50-56-58(55-47-42-38-34-25-21-17-13-9-4)49-43-48-57-51(54)44-39-35-31-28-24-20-16-12-8-3/h53,58H,6-50H2,1-5H3. The van der Waals surface area contributed by atoms with E-state index in [0.29, 0.717) is 5.12 Å². The summed E-state index contributed by atoms with van der Waals surface area (Å²) in [5.41, 5.74) is 0.0492. The lowest BCUT2D eigenvalue weighted by molar-refractivity contribution is -0.111. The van der Waals surface area contributed by atoms with Crippen molar-refractivity contribution in [1.82, 2.24) is 5.32 Å². The Morgan fingerprint density at radius 2 is 0.793 bits per heavy atom. The summed E-state index contributed by atoms with van der Waals surface area (Å²) in [6, 6.07) is 1.02. The first-order chi connectivity index (χ1) is 28.6. The lowest BCUT2D eigenvalue weighted by Gasteiger charge is -2.35. The summed E-state index contributed by atoms with van der Waals surface area (Å²) in [5, 5.41) is 4.25. The van der Waals surface area contributed by atoms with Crippen LogP contribution in [0.15, 0.2) is 0 Å². The fourth-order valence-corrected chi connectivity index (χ4v) is 11.5. The van der Waals surface area contributed by atoms with Crippen molar-refractivity contribution in [3.63, 3.8) is 0 Å². The molecule has 0 aromatic heterocycles. The molecular weight excluding hydrogens is 747 g/mol. The van der Waals surface area contributed by atoms with Crippen LogP contribution in [0.5, 0.6) is 0 Å². The van der Waals surface area contributed by atoms with Crippen LogP contribution in [0.4, 0.5) is 0 Å². The first-order valence-corrected chi connectivity index (χ1v) is 29.4. The Kier molecular flexibility index (Phi) is 48.3. The highest BCUT2D eigenvalue weighted by Crippen LogP contribution is 2.26. The molecule has 0 rings (SSSR count). The molecule has 0 aliphatic heterocycles. The molecule has 1 N–H and O–H groups in total. The third kappa shape index (κ3) is 41.5. The van der Waals surface area contributed by atoms with Gasteiger partial charge in [0, 0.05) is 24.3 Å². The lowest BCUT2D eigenvalue weighted by atomic mass is 9.87. The van der Waals surface area contributed by atoms with Gasteiger partial charge in [0.05, 0.1) is 6.61 Å². The molecule has 0 aromatic rings. The monoisotopic (exact) mass is 854 g/mol. The minimum Gasteiger partial charge on any atom is -0.397 e. The second-order valence-corrected chi connectivity index (χ2v) is 21.7. The quantitative estimate of drug-likeness (QED) is 0.0488. The van der Waals surface area contributed by atoms with E-state index in [9.17, 15) is 4.79 Å². The van der Waals surface area contributed by atoms with Crippen molar-refractivity contribution in [2.24, 2.45) is 0 Å². The van der Waals surface area contributed by atoms with E-state index in [2.05, 4.69) is 40.1 Å². The molecule has 0 fully saturated rings. The van der Waals surface area contributed by atoms with Crippen molar-refractivity contribution in [3.8, 4) is 0 Å². The van der Waals surface area contributed by atoms with Crippen LogP contribution >= 0.6 is 11.8 Å². The molecule has 0 aromatic carbocycles. The second kappa shape index (κ2) is 48.2. The number of carbonyl (C=O) groups excluding carboxylic acids is 1. The molecule has 0 aliphatic rings. The molecular formula is C52H107NO3SSi. The van der Waals surface area contributed by atoms with E-state index >= 15 is 0 Å². The zero-order chi connectivity index (χ0) is 42.3. The molecule has 0 saturated heterocycles. The number of nitrogens with one attached hydrogen (secondary N) is 1. The minimum atomic E-state index is -1.83. The number of unbranched alkanes of at least 4 members (excludes halogenated alkanes) is 33. The van der Waals surface area contributed by atoms with E-state index in [-0.39, 0.29) is 5.54 Å². The summed E-state index contributed by atoms with van der Waals surface area (Å²) in [5.74, 6) is 0.915. The molecule has 0 aliphatic carbocycles. The Labute approximate surface area is 372 Å². The van der Waals surface area contributed by atoms with Gasteiger partial charge in [0.2, 0.25) is 0 Å². The first kappa shape index (κ1) is 58.1. The zero-order valence-corrected chi connectivity index (χ0v) is 42.5. The molecule has 348 valence electrons. The van der Waals surface area contributed by atoms with Crippen molar-refractivity contribution < 1.29 is 13.6 Å². The van der Waals surface area contributed by atoms with Gasteiger partial charge in [-0.15, -0.1) is 0 Å². The van der Waals surface area contributed by atoms with Gasteiger partial charge in [0.25, 0.3) is 0 Å². The summed E-state index contributed by atoms with van der Waals surface area (Å²) in [4.78, 5) is 12.7. The Hall–Kier alpha value is 0.117. The van der Waals surface area contributed by atoms with Crippen LogP contribution < -0.4 is 5.32 Å². The van der Waals surface area contributed by atoms with Crippen LogP contribution in [-0.4, -0.2) is 46.0 Å². The third-order valence-electron chi connectivity index (χ3n) is 12.7. The van der Waals surface area contributed by atoms with Gasteiger partial charge in [-0.3, -0.25) is 4.79 Å². The maximum atomic E-state index is 12.7. The van der Waals surface area contributed by atoms with Gasteiger partial charge in [0.1, 0.15) is 0 Å². The number of thioether (sulfide) groups is 1. The van der Waals surface area contributed by atoms with Gasteiger partial charge in [-0.25, -0.2) is 0 Å². The normalized spacial score (nSPS) is 12.5. The largest absolute Gasteiger partial charge is 0.397 e. The van der Waals surface area contributed by atoms with Crippen LogP contribution in [0.25, 0.3) is 0 Å². The van der Waals surface area contributed by atoms with Gasteiger partial charge >= 0.3 is 9.28 Å². The summed E-state index contributed by atoms with van der Waals surface area (Å²) in [7, 11) is 0.364. The highest BCUT2D eigenvalue weighted by Gasteiger charge is 2.29. The summed E-state index contributed by atoms with van der Waals surface area (Å²) in [6.07, 6.45) is 54.2. The van der Waals surface area contributed by atoms with Crippen LogP contribution in [0.1, 0.15) is 291 Å². The maximum absolute atomic E-state index is 12.7. The van der Waals surface area contributed by atoms with E-state index in [0.717, 1.165) is 50.7 Å². The highest BCUT2D eigenvalue weighted by atomic mass is 32.2. The molecule has 1 atom stereocenters. The molecule has 0 bridgehead atoms. The lowest BCUT2D eigenvalue weighted by Crippen LogP contribution is -2.49. The fraction of sp³-hybridized carbons (Fsp3) is 0.981. The predicted molar refractivity (Wildman–Crippen MR) is 265 cm³/mol. The summed E-state index contributed by atoms with van der Waals surface area (Å²) >= 11 is 1.57. The number of likely N-dealkylation sites (N-methyl/N-ethyl adjacent to an activating group) is 1. The van der Waals surface area contributed by atoms with Crippen LogP contribution in [0.2, 0.25) is 6.04 Å². The van der Waals surface area contributed by atoms with Crippen LogP contribution in [-0.2, 0) is 13.6 Å². The molecule has 0 amide bonds. The van der Waals surface area contributed by atoms with Crippen molar-refractivity contribution in [1.29, 1.82) is 0 Å². The van der Waals surface area contributed by atoms with Gasteiger partial charge in [-0.2, -0.15) is 0 Å². The van der Waals surface area contributed by atoms with E-state index in [1.54, 1.807) is 11.8 Å². The molecule has 4 nitrogen and oxygen atoms in total. The van der Waals surface area contributed by atoms with Crippen LogP contribution in [0.3, 0.4) is 0 Å². The van der Waals surface area contributed by atoms with Gasteiger partial charge in [-0.05, 0) is 45.2 Å². The van der Waals surface area contributed by atoms with E-state index in [1.807, 2.05) is 0 Å². The zero-order valence-electron chi connectivity index (χ0n) is 40.5. The Morgan fingerprint density at radius 3 is 1.17 bits per heavy atom. The van der Waals surface area contributed by atoms with Crippen molar-refractivity contribution >= 4 is 26.2 Å². The first-order valence-electron chi connectivity index (χ1n) is 26.6. The van der Waals surface area contributed by atoms with E-state index < -0.39 is 9.28 Å². The van der Waals surface area contributed by atoms with E-state index in [4.69, 9.17) is 8.85 Å². The average molecular weight is 855 g/mol. The van der Waals surface area contributed by atoms with E-state index in [1.165, 1.54) is 238 Å². The smallest absolute Gasteiger partial charge is 0.321 e. The SMILES string of the molecule is CCCCCCCCCCCCC(CCCCCCCCCCCC)(CO[SiH](CCCSC(=O)CCCCCCCCCCC)OCCCCCCCCCC)NC. The molecule has 0 radical (unpaired) electrons. The number of carbonyl (C=O) groups is 1. The Morgan fingerprint density at radius 1 is 0.448 bits per heavy atom. The predicted octanol–water partition coefficient (Wildman–Crippen LogP) is 17.5. The van der Waals surface area contributed by atoms with Gasteiger partial charge < -0.3 is 14.2 Å². The number of rotatable bonds is 50. The van der Waals surface area contributed by atoms with Gasteiger partial charge in [-0.1, -0.05) is 264 Å². The van der Waals surface area contributed by atoms with Crippen molar-refractivity contribution in [2.75, 3.05) is 26.0 Å². The Bertz CT molecular complexity index is 777. The highest BCUT2D eigenvalue weighted by molar-refractivity contribution is 8.13. The number of hydrogen-bond acceptors (Lipinski definition) is 5. The molecule has 0 spiro atoms. The molecule has 6 heteroatoms. The maximum Gasteiger partial charge on any atom is 0.321 e. The fourth-order valence-electron chi connectivity index (χ4n) is 8.50. The minimum absolute atomic E-state index is 0.0492. The summed E-state index contributed by atoms with van der Waals surface area (Å²) < 4.78 is 13.6. The number of hydrogen-bond donors (Lipinski definition) is 1. The Balaban J connectivity index is 5.05. The molecule has 0 saturated carbocycles. The third-order valence-corrected chi connectivity index (χ3v) is 15.8. The van der Waals surface area contributed by atoms with Gasteiger partial charge in [0.15, 0.2) is 5.12 Å². The summed E-state index contributed by atoms with van der Waals surface area (Å²) in [6.45, 7) is 10.8. The molecule has 58 heavy (non-hydrogen) atoms. The van der Waals surface area contributed by atoms with Crippen molar-refractivity contribution in [3.05, 3.63) is 0 Å². The van der Waals surface area contributed by atoms with Crippen LogP contribution in [0, 0.1) is 0 Å². The molecule has 1 unspecified atom stereocenters. The topological polar surface area (TPSA) is 47.6 Å². The molecule has 0 heterocycles. The van der Waals surface area contributed by atoms with Crippen molar-refractivity contribution in [2.45, 2.75) is 303 Å². The second-order valence-electron chi connectivity index (χ2n) is 18.4. The average Bonchev–Trinajstić information content (AvgIpc) is 3.23.